The summed E-state index contributed by atoms with van der Waals surface area (Å²) in [6, 6.07) is 5.45. The minimum absolute atomic E-state index is 0.126. The zero-order valence-corrected chi connectivity index (χ0v) is 11.2. The van der Waals surface area contributed by atoms with Gasteiger partial charge in [0.05, 0.1) is 12.1 Å². The summed E-state index contributed by atoms with van der Waals surface area (Å²) in [6.07, 6.45) is 1.69. The van der Waals surface area contributed by atoms with Crippen LogP contribution >= 0.6 is 11.6 Å². The predicted molar refractivity (Wildman–Crippen MR) is 76.0 cm³/mol. The summed E-state index contributed by atoms with van der Waals surface area (Å²) in [4.78, 5) is 9.26. The summed E-state index contributed by atoms with van der Waals surface area (Å²) >= 11 is 5.96. The zero-order chi connectivity index (χ0) is 13.1. The van der Waals surface area contributed by atoms with Gasteiger partial charge in [-0.2, -0.15) is 0 Å². The molecule has 0 fully saturated rings. The first-order valence-corrected chi connectivity index (χ1v) is 6.10. The average molecular weight is 266 g/mol. The second-order valence-electron chi connectivity index (χ2n) is 4.42. The van der Waals surface area contributed by atoms with Crippen LogP contribution in [0.4, 0.5) is 0 Å². The molecule has 2 rings (SSSR count). The van der Waals surface area contributed by atoms with Gasteiger partial charge in [-0.05, 0) is 32.3 Å². The number of nitrogens with zero attached hydrogens (tertiary/aromatic N) is 2. The van der Waals surface area contributed by atoms with Gasteiger partial charge < -0.3 is 15.0 Å². The van der Waals surface area contributed by atoms with Crippen LogP contribution in [0.25, 0.3) is 10.9 Å². The van der Waals surface area contributed by atoms with Crippen LogP contribution in [-0.4, -0.2) is 48.4 Å². The Morgan fingerprint density at radius 3 is 2.94 bits per heavy atom. The zero-order valence-electron chi connectivity index (χ0n) is 10.4. The molecule has 0 bridgehead atoms. The number of hydrogen-bond donors (Lipinski definition) is 2. The van der Waals surface area contributed by atoms with E-state index in [1.165, 1.54) is 0 Å². The van der Waals surface area contributed by atoms with E-state index in [1.807, 2.05) is 26.2 Å². The van der Waals surface area contributed by atoms with Crippen LogP contribution in [-0.2, 0) is 0 Å². The van der Waals surface area contributed by atoms with Crippen molar-refractivity contribution in [2.45, 2.75) is 0 Å². The highest BCUT2D eigenvalue weighted by Crippen LogP contribution is 2.27. The first-order valence-electron chi connectivity index (χ1n) is 5.72. The van der Waals surface area contributed by atoms with E-state index in [1.54, 1.807) is 12.3 Å². The Kier molecular flexibility index (Phi) is 3.89. The average Bonchev–Trinajstić information content (AvgIpc) is 2.60. The fraction of sp³-hybridized carbons (Fsp3) is 0.308. The van der Waals surface area contributed by atoms with E-state index in [9.17, 15) is 5.11 Å². The summed E-state index contributed by atoms with van der Waals surface area (Å²) in [7, 11) is 4.00. The van der Waals surface area contributed by atoms with Gasteiger partial charge in [-0.25, -0.2) is 0 Å². The molecular weight excluding hydrogens is 250 g/mol. The van der Waals surface area contributed by atoms with Crippen molar-refractivity contribution in [1.82, 2.24) is 9.88 Å². The number of hydrogen-bond acceptors (Lipinski definition) is 3. The third-order valence-electron chi connectivity index (χ3n) is 2.68. The van der Waals surface area contributed by atoms with E-state index in [0.29, 0.717) is 17.1 Å². The minimum Gasteiger partial charge on any atom is -0.494 e. The molecule has 0 unspecified atom stereocenters. The molecule has 0 atom stereocenters. The molecule has 0 saturated carbocycles. The van der Waals surface area contributed by atoms with Crippen LogP contribution in [0.2, 0.25) is 5.02 Å². The quantitative estimate of drug-likeness (QED) is 0.835. The maximum absolute atomic E-state index is 9.83. The number of aromatic amines is 1. The van der Waals surface area contributed by atoms with Crippen LogP contribution in [0.15, 0.2) is 23.2 Å². The fourth-order valence-corrected chi connectivity index (χ4v) is 1.89. The third kappa shape index (κ3) is 2.83. The molecule has 18 heavy (non-hydrogen) atoms. The topological polar surface area (TPSA) is 51.6 Å². The minimum atomic E-state index is 0.126. The van der Waals surface area contributed by atoms with Crippen molar-refractivity contribution < 1.29 is 5.11 Å². The van der Waals surface area contributed by atoms with Gasteiger partial charge in [0.2, 0.25) is 0 Å². The van der Waals surface area contributed by atoms with Gasteiger partial charge in [0, 0.05) is 28.7 Å². The number of aliphatic imine (C=N–C) groups is 1. The normalized spacial score (nSPS) is 12.0. The molecule has 1 heterocycles. The number of rotatable bonds is 4. The summed E-state index contributed by atoms with van der Waals surface area (Å²) in [5.74, 6) is 0.126. The molecule has 1 aromatic heterocycles. The van der Waals surface area contributed by atoms with Gasteiger partial charge in [0.15, 0.2) is 5.88 Å². The van der Waals surface area contributed by atoms with E-state index in [-0.39, 0.29) is 5.88 Å². The molecule has 0 radical (unpaired) electrons. The molecule has 5 heteroatoms. The third-order valence-corrected chi connectivity index (χ3v) is 2.91. The molecule has 2 aromatic rings. The lowest BCUT2D eigenvalue weighted by Crippen LogP contribution is -2.15. The Morgan fingerprint density at radius 2 is 2.22 bits per heavy atom. The number of benzene rings is 1. The van der Waals surface area contributed by atoms with Crippen molar-refractivity contribution in [3.8, 4) is 5.88 Å². The first-order chi connectivity index (χ1) is 8.58. The SMILES string of the molecule is CN(C)CCN=Cc1c(O)[nH]c2ccc(Cl)cc12. The van der Waals surface area contributed by atoms with Gasteiger partial charge in [-0.3, -0.25) is 4.99 Å². The monoisotopic (exact) mass is 265 g/mol. The molecular formula is C13H16ClN3O. The summed E-state index contributed by atoms with van der Waals surface area (Å²) in [5, 5.41) is 11.4. The first kappa shape index (κ1) is 12.9. The van der Waals surface area contributed by atoms with Crippen LogP contribution in [0.5, 0.6) is 5.88 Å². The Labute approximate surface area is 111 Å². The number of aromatic hydroxyl groups is 1. The number of fused-ring (bicyclic) bond motifs is 1. The largest absolute Gasteiger partial charge is 0.494 e. The Bertz CT molecular complexity index is 575. The van der Waals surface area contributed by atoms with Crippen LogP contribution in [0.1, 0.15) is 5.56 Å². The molecule has 0 aliphatic carbocycles. The second kappa shape index (κ2) is 5.42. The van der Waals surface area contributed by atoms with Crippen molar-refractivity contribution in [3.05, 3.63) is 28.8 Å². The Morgan fingerprint density at radius 1 is 1.44 bits per heavy atom. The molecule has 1 aromatic carbocycles. The lowest BCUT2D eigenvalue weighted by atomic mass is 10.2. The van der Waals surface area contributed by atoms with Crippen molar-refractivity contribution in [1.29, 1.82) is 0 Å². The Hall–Kier alpha value is -1.52. The van der Waals surface area contributed by atoms with E-state index in [4.69, 9.17) is 11.6 Å². The maximum atomic E-state index is 9.83. The highest BCUT2D eigenvalue weighted by atomic mass is 35.5. The van der Waals surface area contributed by atoms with Gasteiger partial charge in [-0.15, -0.1) is 0 Å². The summed E-state index contributed by atoms with van der Waals surface area (Å²) < 4.78 is 0. The molecule has 4 nitrogen and oxygen atoms in total. The van der Waals surface area contributed by atoms with Crippen molar-refractivity contribution in [2.24, 2.45) is 4.99 Å². The highest BCUT2D eigenvalue weighted by Gasteiger charge is 2.08. The highest BCUT2D eigenvalue weighted by molar-refractivity contribution is 6.31. The van der Waals surface area contributed by atoms with Crippen LogP contribution < -0.4 is 0 Å². The molecule has 0 saturated heterocycles. The van der Waals surface area contributed by atoms with Crippen molar-refractivity contribution >= 4 is 28.7 Å². The molecule has 0 amide bonds. The van der Waals surface area contributed by atoms with Gasteiger partial charge in [0.25, 0.3) is 0 Å². The number of halogens is 1. The Balaban J connectivity index is 2.26. The number of H-pyrrole nitrogens is 1. The molecule has 0 aliphatic rings. The van der Waals surface area contributed by atoms with E-state index in [0.717, 1.165) is 17.4 Å². The molecule has 2 N–H and O–H groups in total. The lowest BCUT2D eigenvalue weighted by molar-refractivity contribution is 0.421. The van der Waals surface area contributed by atoms with Gasteiger partial charge in [0.1, 0.15) is 0 Å². The fourth-order valence-electron chi connectivity index (χ4n) is 1.72. The van der Waals surface area contributed by atoms with Crippen LogP contribution in [0.3, 0.4) is 0 Å². The van der Waals surface area contributed by atoms with Crippen molar-refractivity contribution in [3.63, 3.8) is 0 Å². The van der Waals surface area contributed by atoms with Gasteiger partial charge >= 0.3 is 0 Å². The standard InChI is InChI=1S/C13H16ClN3O/c1-17(2)6-5-15-8-11-10-7-9(14)3-4-12(10)16-13(11)18/h3-4,7-8,16,18H,5-6H2,1-2H3. The molecule has 96 valence electrons. The van der Waals surface area contributed by atoms with Crippen molar-refractivity contribution in [2.75, 3.05) is 27.2 Å². The van der Waals surface area contributed by atoms with Crippen LogP contribution in [0, 0.1) is 0 Å². The lowest BCUT2D eigenvalue weighted by Gasteiger charge is -2.05. The smallest absolute Gasteiger partial charge is 0.198 e. The number of likely N-dealkylation sites (N-methyl/N-ethyl adjacent to an activating group) is 1. The number of nitrogens with one attached hydrogen (secondary N) is 1. The molecule has 0 spiro atoms. The predicted octanol–water partition coefficient (Wildman–Crippen LogP) is 2.51. The summed E-state index contributed by atoms with van der Waals surface area (Å²) in [5.41, 5.74) is 1.54. The number of aromatic nitrogens is 1. The van der Waals surface area contributed by atoms with E-state index >= 15 is 0 Å². The second-order valence-corrected chi connectivity index (χ2v) is 4.85. The summed E-state index contributed by atoms with van der Waals surface area (Å²) in [6.45, 7) is 1.57. The van der Waals surface area contributed by atoms with E-state index in [2.05, 4.69) is 14.9 Å². The molecule has 0 aliphatic heterocycles. The van der Waals surface area contributed by atoms with Gasteiger partial charge in [-0.1, -0.05) is 11.6 Å². The maximum Gasteiger partial charge on any atom is 0.198 e. The van der Waals surface area contributed by atoms with E-state index < -0.39 is 0 Å².